The van der Waals surface area contributed by atoms with Gasteiger partial charge in [0.2, 0.25) is 0 Å². The molecule has 1 heterocycles. The Morgan fingerprint density at radius 2 is 2.28 bits per heavy atom. The normalized spacial score (nSPS) is 13.8. The predicted molar refractivity (Wildman–Crippen MR) is 69.5 cm³/mol. The van der Waals surface area contributed by atoms with Crippen LogP contribution in [0.1, 0.15) is 6.42 Å². The molecule has 0 aliphatic heterocycles. The van der Waals surface area contributed by atoms with Crippen LogP contribution in [0.3, 0.4) is 0 Å². The van der Waals surface area contributed by atoms with Gasteiger partial charge in [-0.25, -0.2) is 13.1 Å². The molecule has 1 aromatic heterocycles. The molecule has 104 valence electrons. The van der Waals surface area contributed by atoms with Gasteiger partial charge in [0.1, 0.15) is 0 Å². The molecular weight excluding hydrogens is 301 g/mol. The second-order valence-corrected chi connectivity index (χ2v) is 6.02. The molecule has 0 fully saturated rings. The van der Waals surface area contributed by atoms with Gasteiger partial charge < -0.3 is 4.74 Å². The zero-order valence-corrected chi connectivity index (χ0v) is 12.4. The Bertz CT molecular complexity index is 470. The van der Waals surface area contributed by atoms with E-state index in [9.17, 15) is 8.42 Å². The van der Waals surface area contributed by atoms with E-state index in [4.69, 9.17) is 27.9 Å². The second kappa shape index (κ2) is 6.72. The van der Waals surface area contributed by atoms with E-state index in [2.05, 4.69) is 9.82 Å². The number of hydrogen-bond acceptors (Lipinski definition) is 4. The summed E-state index contributed by atoms with van der Waals surface area (Å²) in [6.45, 7) is 0.416. The third-order valence-corrected chi connectivity index (χ3v) is 4.67. The molecule has 0 radical (unpaired) electrons. The maximum atomic E-state index is 12.1. The highest BCUT2D eigenvalue weighted by Crippen LogP contribution is 2.20. The van der Waals surface area contributed by atoms with Gasteiger partial charge in [0.05, 0.1) is 11.2 Å². The fraction of sp³-hybridized carbons (Fsp3) is 0.667. The third kappa shape index (κ3) is 3.83. The van der Waals surface area contributed by atoms with Gasteiger partial charge >= 0.3 is 0 Å². The molecule has 0 spiro atoms. The van der Waals surface area contributed by atoms with Crippen LogP contribution in [0.15, 0.2) is 11.2 Å². The average Bonchev–Trinajstić information content (AvgIpc) is 2.64. The first-order valence-corrected chi connectivity index (χ1v) is 7.56. The Balaban J connectivity index is 2.87. The lowest BCUT2D eigenvalue weighted by Crippen LogP contribution is -2.37. The second-order valence-electron chi connectivity index (χ2n) is 3.68. The van der Waals surface area contributed by atoms with Gasteiger partial charge in [-0.1, -0.05) is 11.6 Å². The van der Waals surface area contributed by atoms with Gasteiger partial charge in [-0.2, -0.15) is 5.10 Å². The van der Waals surface area contributed by atoms with Gasteiger partial charge in [0.25, 0.3) is 10.0 Å². The highest BCUT2D eigenvalue weighted by atomic mass is 35.5. The molecular formula is C9H15Cl2N3O3S. The predicted octanol–water partition coefficient (Wildman–Crippen LogP) is 0.996. The third-order valence-electron chi connectivity index (χ3n) is 2.28. The summed E-state index contributed by atoms with van der Waals surface area (Å²) in [7, 11) is -0.697. The van der Waals surface area contributed by atoms with Gasteiger partial charge in [0, 0.05) is 32.7 Å². The summed E-state index contributed by atoms with van der Waals surface area (Å²) < 4.78 is 32.8. The van der Waals surface area contributed by atoms with E-state index < -0.39 is 16.1 Å². The zero-order chi connectivity index (χ0) is 13.8. The Hall–Kier alpha value is -0.340. The van der Waals surface area contributed by atoms with E-state index in [0.717, 1.165) is 0 Å². The van der Waals surface area contributed by atoms with Crippen LogP contribution in [-0.2, 0) is 21.8 Å². The number of hydrogen-bond donors (Lipinski definition) is 1. The van der Waals surface area contributed by atoms with Gasteiger partial charge in [0.15, 0.2) is 5.03 Å². The van der Waals surface area contributed by atoms with Gasteiger partial charge in [-0.05, 0) is 6.42 Å². The van der Waals surface area contributed by atoms with Crippen molar-refractivity contribution < 1.29 is 13.2 Å². The number of halogens is 2. The number of aromatic nitrogens is 2. The summed E-state index contributed by atoms with van der Waals surface area (Å²) in [6, 6.07) is -0.414. The number of nitrogens with zero attached hydrogens (tertiary/aromatic N) is 2. The van der Waals surface area contributed by atoms with Gasteiger partial charge in [-0.15, -0.1) is 11.6 Å². The Labute approximate surface area is 116 Å². The lowest BCUT2D eigenvalue weighted by Gasteiger charge is -2.15. The van der Waals surface area contributed by atoms with Crippen LogP contribution in [0.4, 0.5) is 0 Å². The maximum Gasteiger partial charge on any atom is 0.259 e. The largest absolute Gasteiger partial charge is 0.385 e. The van der Waals surface area contributed by atoms with Crippen LogP contribution >= 0.6 is 23.2 Å². The van der Waals surface area contributed by atoms with E-state index in [-0.39, 0.29) is 15.9 Å². The summed E-state index contributed by atoms with van der Waals surface area (Å²) in [5.41, 5.74) is 0. The van der Waals surface area contributed by atoms with Crippen molar-refractivity contribution in [3.63, 3.8) is 0 Å². The minimum Gasteiger partial charge on any atom is -0.385 e. The van der Waals surface area contributed by atoms with Crippen molar-refractivity contribution in [2.45, 2.75) is 17.5 Å². The van der Waals surface area contributed by atoms with Crippen LogP contribution in [0, 0.1) is 0 Å². The number of rotatable bonds is 7. The SMILES string of the molecule is COCCC(CCl)NS(=O)(=O)c1c(Cl)cnn1C. The minimum absolute atomic E-state index is 0.0725. The number of methoxy groups -OCH3 is 1. The van der Waals surface area contributed by atoms with Crippen molar-refractivity contribution in [3.8, 4) is 0 Å². The van der Waals surface area contributed by atoms with Crippen molar-refractivity contribution in [1.29, 1.82) is 0 Å². The summed E-state index contributed by atoms with van der Waals surface area (Å²) in [5, 5.41) is 3.79. The number of ether oxygens (including phenoxy) is 1. The van der Waals surface area contributed by atoms with Crippen LogP contribution in [-0.4, -0.2) is 43.8 Å². The Morgan fingerprint density at radius 1 is 1.61 bits per heavy atom. The molecule has 0 saturated carbocycles. The molecule has 0 bridgehead atoms. The first-order chi connectivity index (χ1) is 8.42. The van der Waals surface area contributed by atoms with E-state index >= 15 is 0 Å². The monoisotopic (exact) mass is 315 g/mol. The minimum atomic E-state index is -3.74. The molecule has 1 rings (SSSR count). The molecule has 0 aromatic carbocycles. The van der Waals surface area contributed by atoms with Crippen molar-refractivity contribution in [2.24, 2.45) is 7.05 Å². The molecule has 1 aromatic rings. The standard InChI is InChI=1S/C9H15Cl2N3O3S/c1-14-9(8(11)6-12-14)18(15,16)13-7(5-10)3-4-17-2/h6-7,13H,3-5H2,1-2H3. The van der Waals surface area contributed by atoms with Crippen molar-refractivity contribution in [2.75, 3.05) is 19.6 Å². The maximum absolute atomic E-state index is 12.1. The summed E-state index contributed by atoms with van der Waals surface area (Å²) in [4.78, 5) is 0. The van der Waals surface area contributed by atoms with E-state index in [0.29, 0.717) is 13.0 Å². The van der Waals surface area contributed by atoms with Crippen LogP contribution < -0.4 is 4.72 Å². The van der Waals surface area contributed by atoms with E-state index in [1.165, 1.54) is 25.0 Å². The smallest absolute Gasteiger partial charge is 0.259 e. The summed E-state index contributed by atoms with van der Waals surface area (Å²) in [5.74, 6) is 0.151. The molecule has 18 heavy (non-hydrogen) atoms. The molecule has 0 saturated heterocycles. The first kappa shape index (κ1) is 15.7. The van der Waals surface area contributed by atoms with Crippen LogP contribution in [0.5, 0.6) is 0 Å². The lowest BCUT2D eigenvalue weighted by molar-refractivity contribution is 0.188. The highest BCUT2D eigenvalue weighted by molar-refractivity contribution is 7.89. The molecule has 6 nitrogen and oxygen atoms in total. The van der Waals surface area contributed by atoms with E-state index in [1.54, 1.807) is 0 Å². The number of aryl methyl sites for hydroxylation is 1. The molecule has 9 heteroatoms. The zero-order valence-electron chi connectivity index (χ0n) is 10.1. The summed E-state index contributed by atoms with van der Waals surface area (Å²) in [6.07, 6.45) is 1.76. The fourth-order valence-corrected chi connectivity index (χ4v) is 3.65. The molecule has 0 aliphatic rings. The van der Waals surface area contributed by atoms with Crippen LogP contribution in [0.2, 0.25) is 5.02 Å². The Morgan fingerprint density at radius 3 is 2.72 bits per heavy atom. The quantitative estimate of drug-likeness (QED) is 0.762. The molecule has 1 unspecified atom stereocenters. The Kier molecular flexibility index (Phi) is 5.87. The number of alkyl halides is 1. The number of sulfonamides is 1. The van der Waals surface area contributed by atoms with E-state index in [1.807, 2.05) is 0 Å². The summed E-state index contributed by atoms with van der Waals surface area (Å²) >= 11 is 11.5. The number of nitrogens with one attached hydrogen (secondary N) is 1. The topological polar surface area (TPSA) is 73.2 Å². The van der Waals surface area contributed by atoms with Crippen molar-refractivity contribution in [1.82, 2.24) is 14.5 Å². The highest BCUT2D eigenvalue weighted by Gasteiger charge is 2.25. The van der Waals surface area contributed by atoms with Crippen molar-refractivity contribution >= 4 is 33.2 Å². The first-order valence-electron chi connectivity index (χ1n) is 5.17. The lowest BCUT2D eigenvalue weighted by atomic mass is 10.3. The van der Waals surface area contributed by atoms with Gasteiger partial charge in [-0.3, -0.25) is 4.68 Å². The molecule has 0 amide bonds. The molecule has 0 aliphatic carbocycles. The van der Waals surface area contributed by atoms with Crippen LogP contribution in [0.25, 0.3) is 0 Å². The van der Waals surface area contributed by atoms with Crippen molar-refractivity contribution in [3.05, 3.63) is 11.2 Å². The fourth-order valence-electron chi connectivity index (χ4n) is 1.40. The molecule has 1 atom stereocenters. The molecule has 1 N–H and O–H groups in total. The average molecular weight is 316 g/mol.